The summed E-state index contributed by atoms with van der Waals surface area (Å²) in [5.41, 5.74) is 1.91. The Morgan fingerprint density at radius 1 is 1.31 bits per heavy atom. The average molecular weight is 357 g/mol. The van der Waals surface area contributed by atoms with Crippen LogP contribution in [-0.4, -0.2) is 42.2 Å². The van der Waals surface area contributed by atoms with Crippen LogP contribution in [0.15, 0.2) is 29.1 Å². The van der Waals surface area contributed by atoms with Crippen molar-refractivity contribution < 1.29 is 9.47 Å². The number of nitrogens with zero attached hydrogens (tertiary/aromatic N) is 2. The summed E-state index contributed by atoms with van der Waals surface area (Å²) >= 11 is 0. The molecule has 1 N–H and O–H groups in total. The van der Waals surface area contributed by atoms with Crippen molar-refractivity contribution in [3.8, 4) is 11.5 Å². The Kier molecular flexibility index (Phi) is 5.93. The highest BCUT2D eigenvalue weighted by Crippen LogP contribution is 2.33. The fourth-order valence-corrected chi connectivity index (χ4v) is 3.64. The van der Waals surface area contributed by atoms with Gasteiger partial charge in [0, 0.05) is 36.3 Å². The third-order valence-electron chi connectivity index (χ3n) is 4.95. The Morgan fingerprint density at radius 3 is 2.88 bits per heavy atom. The second-order valence-corrected chi connectivity index (χ2v) is 6.70. The second-order valence-electron chi connectivity index (χ2n) is 6.70. The lowest BCUT2D eigenvalue weighted by molar-refractivity contribution is 0.193. The van der Waals surface area contributed by atoms with Crippen LogP contribution in [0.4, 0.5) is 0 Å². The highest BCUT2D eigenvalue weighted by atomic mass is 16.5. The molecule has 26 heavy (non-hydrogen) atoms. The molecule has 1 fully saturated rings. The van der Waals surface area contributed by atoms with E-state index in [0.717, 1.165) is 67.5 Å². The van der Waals surface area contributed by atoms with Gasteiger partial charge in [-0.15, -0.1) is 0 Å². The van der Waals surface area contributed by atoms with Crippen molar-refractivity contribution in [2.75, 3.05) is 27.3 Å². The Balaban J connectivity index is 1.77. The minimum Gasteiger partial charge on any atom is -0.493 e. The van der Waals surface area contributed by atoms with Gasteiger partial charge in [0.15, 0.2) is 11.5 Å². The Hall–Kier alpha value is -2.34. The number of aromatic amines is 1. The quantitative estimate of drug-likeness (QED) is 0.861. The van der Waals surface area contributed by atoms with Crippen molar-refractivity contribution in [1.82, 2.24) is 14.9 Å². The molecule has 0 radical (unpaired) electrons. The highest BCUT2D eigenvalue weighted by Gasteiger charge is 2.24. The standard InChI is InChI=1S/C20H27N3O3/c1-4-16-11-18(24)22-20(21-16)15-8-6-10-23(13-15)12-14-7-5-9-17(25-2)19(14)26-3/h5,7,9,11,15H,4,6,8,10,12-13H2,1-3H3,(H,21,22,24). The summed E-state index contributed by atoms with van der Waals surface area (Å²) < 4.78 is 11.0. The molecule has 1 atom stereocenters. The molecule has 2 aromatic rings. The zero-order chi connectivity index (χ0) is 18.5. The highest BCUT2D eigenvalue weighted by molar-refractivity contribution is 5.46. The van der Waals surface area contributed by atoms with Gasteiger partial charge in [-0.2, -0.15) is 0 Å². The zero-order valence-corrected chi connectivity index (χ0v) is 15.7. The number of likely N-dealkylation sites (tertiary alicyclic amines) is 1. The van der Waals surface area contributed by atoms with Gasteiger partial charge in [0.2, 0.25) is 0 Å². The van der Waals surface area contributed by atoms with E-state index in [1.165, 1.54) is 0 Å². The van der Waals surface area contributed by atoms with Crippen molar-refractivity contribution in [3.05, 3.63) is 51.7 Å². The number of ether oxygens (including phenoxy) is 2. The lowest BCUT2D eigenvalue weighted by atomic mass is 9.96. The van der Waals surface area contributed by atoms with Crippen LogP contribution in [0.25, 0.3) is 0 Å². The summed E-state index contributed by atoms with van der Waals surface area (Å²) in [5, 5.41) is 0. The van der Waals surface area contributed by atoms with E-state index in [9.17, 15) is 4.79 Å². The SMILES string of the molecule is CCc1cc(=O)[nH]c(C2CCCN(Cc3cccc(OC)c3OC)C2)n1. The first-order valence-electron chi connectivity index (χ1n) is 9.17. The van der Waals surface area contributed by atoms with Gasteiger partial charge in [-0.25, -0.2) is 4.98 Å². The average Bonchev–Trinajstić information content (AvgIpc) is 2.67. The van der Waals surface area contributed by atoms with Crippen LogP contribution in [0, 0.1) is 0 Å². The van der Waals surface area contributed by atoms with E-state index >= 15 is 0 Å². The molecule has 2 heterocycles. The minimum atomic E-state index is -0.0570. The van der Waals surface area contributed by atoms with E-state index in [0.29, 0.717) is 0 Å². The number of aromatic nitrogens is 2. The second kappa shape index (κ2) is 8.36. The van der Waals surface area contributed by atoms with Crippen molar-refractivity contribution in [1.29, 1.82) is 0 Å². The van der Waals surface area contributed by atoms with Gasteiger partial charge in [0.25, 0.3) is 5.56 Å². The molecule has 1 aromatic heterocycles. The Morgan fingerprint density at radius 2 is 2.15 bits per heavy atom. The molecule has 0 spiro atoms. The molecule has 1 unspecified atom stereocenters. The van der Waals surface area contributed by atoms with Gasteiger partial charge in [0.1, 0.15) is 5.82 Å². The van der Waals surface area contributed by atoms with Gasteiger partial charge < -0.3 is 14.5 Å². The minimum absolute atomic E-state index is 0.0570. The molecule has 140 valence electrons. The van der Waals surface area contributed by atoms with E-state index in [-0.39, 0.29) is 11.5 Å². The monoisotopic (exact) mass is 357 g/mol. The number of hydrogen-bond acceptors (Lipinski definition) is 5. The van der Waals surface area contributed by atoms with Crippen LogP contribution in [-0.2, 0) is 13.0 Å². The fraction of sp³-hybridized carbons (Fsp3) is 0.500. The summed E-state index contributed by atoms with van der Waals surface area (Å²) in [4.78, 5) is 21.9. The molecule has 3 rings (SSSR count). The smallest absolute Gasteiger partial charge is 0.251 e. The van der Waals surface area contributed by atoms with Gasteiger partial charge in [-0.05, 0) is 31.9 Å². The first kappa shape index (κ1) is 18.5. The molecule has 1 aliphatic heterocycles. The summed E-state index contributed by atoms with van der Waals surface area (Å²) in [6, 6.07) is 7.56. The summed E-state index contributed by atoms with van der Waals surface area (Å²) in [6.07, 6.45) is 2.90. The summed E-state index contributed by atoms with van der Waals surface area (Å²) in [5.74, 6) is 2.60. The molecule has 1 saturated heterocycles. The normalized spacial score (nSPS) is 17.9. The van der Waals surface area contributed by atoms with E-state index in [4.69, 9.17) is 9.47 Å². The van der Waals surface area contributed by atoms with Gasteiger partial charge in [-0.1, -0.05) is 19.1 Å². The number of para-hydroxylation sites is 1. The van der Waals surface area contributed by atoms with E-state index in [2.05, 4.69) is 20.9 Å². The number of H-pyrrole nitrogens is 1. The van der Waals surface area contributed by atoms with E-state index in [1.807, 2.05) is 19.1 Å². The third kappa shape index (κ3) is 4.07. The summed E-state index contributed by atoms with van der Waals surface area (Å²) in [7, 11) is 3.33. The van der Waals surface area contributed by atoms with Crippen molar-refractivity contribution >= 4 is 0 Å². The maximum Gasteiger partial charge on any atom is 0.251 e. The number of rotatable bonds is 6. The number of hydrogen-bond donors (Lipinski definition) is 1. The molecular formula is C20H27N3O3. The van der Waals surface area contributed by atoms with Crippen LogP contribution in [0.2, 0.25) is 0 Å². The lowest BCUT2D eigenvalue weighted by Crippen LogP contribution is -2.35. The number of aryl methyl sites for hydroxylation is 1. The Bertz CT molecular complexity index is 803. The number of piperidine rings is 1. The van der Waals surface area contributed by atoms with Gasteiger partial charge in [-0.3, -0.25) is 9.69 Å². The maximum atomic E-state index is 11.9. The number of nitrogens with one attached hydrogen (secondary N) is 1. The van der Waals surface area contributed by atoms with Gasteiger partial charge in [0.05, 0.1) is 14.2 Å². The van der Waals surface area contributed by atoms with Crippen LogP contribution in [0.5, 0.6) is 11.5 Å². The van der Waals surface area contributed by atoms with E-state index < -0.39 is 0 Å². The summed E-state index contributed by atoms with van der Waals surface area (Å²) in [6.45, 7) is 4.70. The largest absolute Gasteiger partial charge is 0.493 e. The molecule has 1 aliphatic rings. The molecule has 1 aromatic carbocycles. The number of methoxy groups -OCH3 is 2. The van der Waals surface area contributed by atoms with Crippen molar-refractivity contribution in [2.45, 2.75) is 38.6 Å². The molecule has 0 saturated carbocycles. The predicted octanol–water partition coefficient (Wildman–Crippen LogP) is 2.73. The molecule has 0 amide bonds. The molecule has 0 bridgehead atoms. The van der Waals surface area contributed by atoms with Gasteiger partial charge >= 0.3 is 0 Å². The Labute approximate surface area is 154 Å². The van der Waals surface area contributed by atoms with Crippen LogP contribution in [0.3, 0.4) is 0 Å². The molecule has 0 aliphatic carbocycles. The predicted molar refractivity (Wildman–Crippen MR) is 101 cm³/mol. The van der Waals surface area contributed by atoms with Crippen molar-refractivity contribution in [2.24, 2.45) is 0 Å². The first-order valence-corrected chi connectivity index (χ1v) is 9.17. The fourth-order valence-electron chi connectivity index (χ4n) is 3.64. The first-order chi connectivity index (χ1) is 12.6. The van der Waals surface area contributed by atoms with Crippen LogP contribution in [0.1, 0.15) is 42.8 Å². The molecule has 6 heteroatoms. The van der Waals surface area contributed by atoms with Crippen LogP contribution < -0.4 is 15.0 Å². The topological polar surface area (TPSA) is 67.5 Å². The molecule has 6 nitrogen and oxygen atoms in total. The van der Waals surface area contributed by atoms with Crippen molar-refractivity contribution in [3.63, 3.8) is 0 Å². The third-order valence-corrected chi connectivity index (χ3v) is 4.95. The zero-order valence-electron chi connectivity index (χ0n) is 15.7. The number of benzene rings is 1. The molecular weight excluding hydrogens is 330 g/mol. The lowest BCUT2D eigenvalue weighted by Gasteiger charge is -2.32. The van der Waals surface area contributed by atoms with Crippen LogP contribution >= 0.6 is 0 Å². The maximum absolute atomic E-state index is 11.9. The van der Waals surface area contributed by atoms with E-state index in [1.54, 1.807) is 20.3 Å².